The maximum atomic E-state index is 11.2. The molecule has 2 N–H and O–H groups in total. The van der Waals surface area contributed by atoms with E-state index >= 15 is 0 Å². The molecule has 0 unspecified atom stereocenters. The fourth-order valence-corrected chi connectivity index (χ4v) is 1.90. The first-order chi connectivity index (χ1) is 6.29. The van der Waals surface area contributed by atoms with E-state index in [-0.39, 0.29) is 12.1 Å². The van der Waals surface area contributed by atoms with Crippen molar-refractivity contribution in [2.75, 3.05) is 26.2 Å². The van der Waals surface area contributed by atoms with E-state index in [1.165, 1.54) is 0 Å². The van der Waals surface area contributed by atoms with Gasteiger partial charge in [-0.15, -0.1) is 0 Å². The summed E-state index contributed by atoms with van der Waals surface area (Å²) in [5, 5.41) is 12.7. The maximum absolute atomic E-state index is 11.2. The predicted molar refractivity (Wildman–Crippen MR) is 45.3 cm³/mol. The van der Waals surface area contributed by atoms with Crippen molar-refractivity contribution >= 4 is 6.09 Å². The van der Waals surface area contributed by atoms with Crippen LogP contribution in [0.25, 0.3) is 0 Å². The average Bonchev–Trinajstić information content (AvgIpc) is 2.52. The number of amides is 1. The molecule has 2 fully saturated rings. The largest absolute Gasteiger partial charge is 0.448 e. The Kier molecular flexibility index (Phi) is 2.37. The summed E-state index contributed by atoms with van der Waals surface area (Å²) < 4.78 is 4.82. The minimum atomic E-state index is -0.459. The summed E-state index contributed by atoms with van der Waals surface area (Å²) in [4.78, 5) is 12.8. The Balaban J connectivity index is 2.01. The Hall–Kier alpha value is -0.810. The Morgan fingerprint density at radius 1 is 1.62 bits per heavy atom. The molecule has 1 amide bonds. The van der Waals surface area contributed by atoms with Gasteiger partial charge < -0.3 is 15.2 Å². The third kappa shape index (κ3) is 1.62. The first kappa shape index (κ1) is 8.77. The van der Waals surface area contributed by atoms with Gasteiger partial charge in [0.2, 0.25) is 0 Å². The first-order valence-corrected chi connectivity index (χ1v) is 4.61. The van der Waals surface area contributed by atoms with Crippen LogP contribution in [-0.2, 0) is 4.74 Å². The molecule has 0 radical (unpaired) electrons. The van der Waals surface area contributed by atoms with Gasteiger partial charge in [0.1, 0.15) is 6.61 Å². The second-order valence-electron chi connectivity index (χ2n) is 3.44. The van der Waals surface area contributed by atoms with Crippen molar-refractivity contribution < 1.29 is 14.6 Å². The molecule has 2 heterocycles. The summed E-state index contributed by atoms with van der Waals surface area (Å²) in [5.74, 6) is 0. The zero-order valence-corrected chi connectivity index (χ0v) is 7.40. The lowest BCUT2D eigenvalue weighted by Gasteiger charge is -2.33. The number of piperidine rings is 1. The third-order valence-electron chi connectivity index (χ3n) is 2.61. The van der Waals surface area contributed by atoms with Gasteiger partial charge in [-0.3, -0.25) is 4.90 Å². The van der Waals surface area contributed by atoms with Crippen LogP contribution in [0.5, 0.6) is 0 Å². The molecule has 2 aliphatic rings. The van der Waals surface area contributed by atoms with Crippen molar-refractivity contribution in [2.24, 2.45) is 0 Å². The molecule has 0 spiro atoms. The molecule has 0 aromatic carbocycles. The minimum absolute atomic E-state index is 0.0590. The van der Waals surface area contributed by atoms with Crippen molar-refractivity contribution in [3.05, 3.63) is 0 Å². The van der Waals surface area contributed by atoms with Gasteiger partial charge in [-0.2, -0.15) is 0 Å². The number of hydrogen-bond acceptors (Lipinski definition) is 4. The molecule has 0 saturated carbocycles. The number of carbonyl (C=O) groups excluding carboxylic acids is 1. The SMILES string of the molecule is O=C1OCCN1[C@@H]1CCNC[C@H]1O. The molecular formula is C8H14N2O3. The number of nitrogens with zero attached hydrogens (tertiary/aromatic N) is 1. The fraction of sp³-hybridized carbons (Fsp3) is 0.875. The maximum Gasteiger partial charge on any atom is 0.410 e. The van der Waals surface area contributed by atoms with E-state index in [2.05, 4.69) is 5.32 Å². The highest BCUT2D eigenvalue weighted by molar-refractivity contribution is 5.69. The number of aliphatic hydroxyl groups excluding tert-OH is 1. The van der Waals surface area contributed by atoms with Gasteiger partial charge in [0.15, 0.2) is 0 Å². The average molecular weight is 186 g/mol. The van der Waals surface area contributed by atoms with Crippen molar-refractivity contribution in [1.29, 1.82) is 0 Å². The van der Waals surface area contributed by atoms with Crippen LogP contribution in [0.1, 0.15) is 6.42 Å². The zero-order chi connectivity index (χ0) is 9.26. The molecule has 13 heavy (non-hydrogen) atoms. The number of β-amino-alcohol motifs (C(OH)–C–C–N with tert-alkyl or cyclic N) is 1. The molecule has 0 aromatic rings. The molecule has 0 aliphatic carbocycles. The van der Waals surface area contributed by atoms with Crippen molar-refractivity contribution in [2.45, 2.75) is 18.6 Å². The number of carbonyl (C=O) groups is 1. The number of cyclic esters (lactones) is 1. The van der Waals surface area contributed by atoms with Crippen molar-refractivity contribution in [3.8, 4) is 0 Å². The zero-order valence-electron chi connectivity index (χ0n) is 7.40. The number of rotatable bonds is 1. The van der Waals surface area contributed by atoms with Crippen molar-refractivity contribution in [3.63, 3.8) is 0 Å². The van der Waals surface area contributed by atoms with Crippen LogP contribution in [0.3, 0.4) is 0 Å². The topological polar surface area (TPSA) is 61.8 Å². The Morgan fingerprint density at radius 2 is 2.46 bits per heavy atom. The van der Waals surface area contributed by atoms with Gasteiger partial charge in [-0.25, -0.2) is 4.79 Å². The quantitative estimate of drug-likeness (QED) is 0.560. The highest BCUT2D eigenvalue weighted by Crippen LogP contribution is 2.16. The lowest BCUT2D eigenvalue weighted by Crippen LogP contribution is -2.53. The molecule has 2 aliphatic heterocycles. The normalized spacial score (nSPS) is 34.8. The van der Waals surface area contributed by atoms with E-state index in [0.29, 0.717) is 19.7 Å². The van der Waals surface area contributed by atoms with Gasteiger partial charge in [-0.1, -0.05) is 0 Å². The van der Waals surface area contributed by atoms with E-state index in [0.717, 1.165) is 13.0 Å². The fourth-order valence-electron chi connectivity index (χ4n) is 1.90. The molecule has 5 heteroatoms. The van der Waals surface area contributed by atoms with Crippen LogP contribution >= 0.6 is 0 Å². The molecule has 74 valence electrons. The van der Waals surface area contributed by atoms with E-state index in [1.54, 1.807) is 4.90 Å². The van der Waals surface area contributed by atoms with Gasteiger partial charge >= 0.3 is 6.09 Å². The molecule has 0 bridgehead atoms. The molecule has 2 saturated heterocycles. The Bertz CT molecular complexity index is 210. The summed E-state index contributed by atoms with van der Waals surface area (Å²) in [5.41, 5.74) is 0. The van der Waals surface area contributed by atoms with Gasteiger partial charge in [0.25, 0.3) is 0 Å². The van der Waals surface area contributed by atoms with Crippen molar-refractivity contribution in [1.82, 2.24) is 10.2 Å². The predicted octanol–water partition coefficient (Wildman–Crippen LogP) is -0.839. The van der Waals surface area contributed by atoms with Crippen LogP contribution in [0.4, 0.5) is 4.79 Å². The lowest BCUT2D eigenvalue weighted by atomic mass is 10.0. The highest BCUT2D eigenvalue weighted by atomic mass is 16.6. The van der Waals surface area contributed by atoms with Crippen LogP contribution in [0.2, 0.25) is 0 Å². The van der Waals surface area contributed by atoms with Gasteiger partial charge in [0.05, 0.1) is 18.7 Å². The first-order valence-electron chi connectivity index (χ1n) is 4.61. The van der Waals surface area contributed by atoms with Crippen LogP contribution < -0.4 is 5.32 Å². The van der Waals surface area contributed by atoms with Gasteiger partial charge in [-0.05, 0) is 13.0 Å². The summed E-state index contributed by atoms with van der Waals surface area (Å²) in [6.07, 6.45) is 0.0568. The smallest absolute Gasteiger partial charge is 0.410 e. The van der Waals surface area contributed by atoms with Gasteiger partial charge in [0, 0.05) is 6.54 Å². The molecule has 2 rings (SSSR count). The standard InChI is InChI=1S/C8H14N2O3/c11-7-5-9-2-1-6(7)10-3-4-13-8(10)12/h6-7,9,11H,1-5H2/t6-,7-/m1/s1. The van der Waals surface area contributed by atoms with E-state index < -0.39 is 6.10 Å². The number of hydrogen-bond donors (Lipinski definition) is 2. The highest BCUT2D eigenvalue weighted by Gasteiger charge is 2.35. The van der Waals surface area contributed by atoms with E-state index in [9.17, 15) is 9.90 Å². The molecule has 0 aromatic heterocycles. The second kappa shape index (κ2) is 3.51. The van der Waals surface area contributed by atoms with Crippen LogP contribution in [0, 0.1) is 0 Å². The second-order valence-corrected chi connectivity index (χ2v) is 3.44. The third-order valence-corrected chi connectivity index (χ3v) is 2.61. The summed E-state index contributed by atoms with van der Waals surface area (Å²) in [6.45, 7) is 2.48. The molecule has 2 atom stereocenters. The molecule has 5 nitrogen and oxygen atoms in total. The summed E-state index contributed by atoms with van der Waals surface area (Å²) in [7, 11) is 0. The van der Waals surface area contributed by atoms with E-state index in [4.69, 9.17) is 4.74 Å². The number of ether oxygens (including phenoxy) is 1. The minimum Gasteiger partial charge on any atom is -0.448 e. The number of aliphatic hydroxyl groups is 1. The summed E-state index contributed by atoms with van der Waals surface area (Å²) >= 11 is 0. The Morgan fingerprint density at radius 3 is 3.08 bits per heavy atom. The monoisotopic (exact) mass is 186 g/mol. The summed E-state index contributed by atoms with van der Waals surface area (Å²) in [6, 6.07) is -0.0590. The lowest BCUT2D eigenvalue weighted by molar-refractivity contribution is 0.0499. The van der Waals surface area contributed by atoms with E-state index in [1.807, 2.05) is 0 Å². The number of nitrogens with one attached hydrogen (secondary N) is 1. The molecular weight excluding hydrogens is 172 g/mol. The van der Waals surface area contributed by atoms with Crippen LogP contribution in [0.15, 0.2) is 0 Å². The Labute approximate surface area is 76.7 Å². The van der Waals surface area contributed by atoms with Crippen LogP contribution in [-0.4, -0.2) is 54.5 Å².